The maximum absolute atomic E-state index is 12.5. The van der Waals surface area contributed by atoms with Crippen LogP contribution in [0, 0.1) is 5.41 Å². The highest BCUT2D eigenvalue weighted by atomic mass is 19.3. The Hall–Kier alpha value is -1.93. The van der Waals surface area contributed by atoms with E-state index in [-0.39, 0.29) is 24.7 Å². The van der Waals surface area contributed by atoms with Gasteiger partial charge in [-0.15, -0.1) is 0 Å². The van der Waals surface area contributed by atoms with E-state index < -0.39 is 12.0 Å². The van der Waals surface area contributed by atoms with Gasteiger partial charge in [-0.25, -0.2) is 0 Å². The third-order valence-corrected chi connectivity index (χ3v) is 4.25. The molecule has 0 unspecified atom stereocenters. The standard InChI is InChI=1S/C16H22F2N2O4/c1-22-12-2-3-13(24-15(17)18)11(8-12)9-20-14(21)16(10-19)4-6-23-7-5-16/h2-3,8,15H,4-7,9-10,19H2,1H3,(H,20,21). The molecule has 24 heavy (non-hydrogen) atoms. The fraction of sp³-hybridized carbons (Fsp3) is 0.562. The molecule has 1 saturated heterocycles. The van der Waals surface area contributed by atoms with Crippen LogP contribution in [0.4, 0.5) is 8.78 Å². The Kier molecular flexibility index (Phi) is 6.33. The highest BCUT2D eigenvalue weighted by Gasteiger charge is 2.38. The molecule has 0 atom stereocenters. The number of alkyl halides is 2. The fourth-order valence-electron chi connectivity index (χ4n) is 2.68. The highest BCUT2D eigenvalue weighted by Crippen LogP contribution is 2.30. The van der Waals surface area contributed by atoms with Crippen LogP contribution in [0.15, 0.2) is 18.2 Å². The molecule has 1 fully saturated rings. The highest BCUT2D eigenvalue weighted by molar-refractivity contribution is 5.83. The van der Waals surface area contributed by atoms with Gasteiger partial charge in [0.2, 0.25) is 5.91 Å². The van der Waals surface area contributed by atoms with E-state index in [2.05, 4.69) is 10.1 Å². The van der Waals surface area contributed by atoms with Gasteiger partial charge in [0.15, 0.2) is 0 Å². The monoisotopic (exact) mass is 344 g/mol. The minimum atomic E-state index is -2.95. The van der Waals surface area contributed by atoms with Crippen molar-refractivity contribution >= 4 is 5.91 Å². The number of hydrogen-bond acceptors (Lipinski definition) is 5. The van der Waals surface area contributed by atoms with E-state index in [0.29, 0.717) is 37.4 Å². The molecular formula is C16H22F2N2O4. The lowest BCUT2D eigenvalue weighted by Crippen LogP contribution is -2.49. The quantitative estimate of drug-likeness (QED) is 0.786. The predicted molar refractivity (Wildman–Crippen MR) is 83.0 cm³/mol. The number of ether oxygens (including phenoxy) is 3. The van der Waals surface area contributed by atoms with Gasteiger partial charge in [0, 0.05) is 31.9 Å². The number of benzene rings is 1. The first-order valence-electron chi connectivity index (χ1n) is 7.68. The second-order valence-electron chi connectivity index (χ2n) is 5.63. The number of carbonyl (C=O) groups is 1. The first-order chi connectivity index (χ1) is 11.5. The first kappa shape index (κ1) is 18.4. The van der Waals surface area contributed by atoms with Crippen LogP contribution in [-0.4, -0.2) is 39.4 Å². The minimum Gasteiger partial charge on any atom is -0.497 e. The summed E-state index contributed by atoms with van der Waals surface area (Å²) in [6, 6.07) is 4.46. The lowest BCUT2D eigenvalue weighted by Gasteiger charge is -2.34. The molecular weight excluding hydrogens is 322 g/mol. The number of rotatable bonds is 7. The summed E-state index contributed by atoms with van der Waals surface area (Å²) in [6.45, 7) is -1.74. The van der Waals surface area contributed by atoms with Crippen LogP contribution in [0.5, 0.6) is 11.5 Å². The Morgan fingerprint density at radius 3 is 2.71 bits per heavy atom. The molecule has 1 amide bonds. The molecule has 1 aromatic carbocycles. The van der Waals surface area contributed by atoms with Crippen molar-refractivity contribution in [3.8, 4) is 11.5 Å². The van der Waals surface area contributed by atoms with Crippen LogP contribution in [-0.2, 0) is 16.1 Å². The van der Waals surface area contributed by atoms with E-state index in [1.807, 2.05) is 0 Å². The number of halogens is 2. The Morgan fingerprint density at radius 1 is 1.42 bits per heavy atom. The predicted octanol–water partition coefficient (Wildman–Crippen LogP) is 1.67. The first-order valence-corrected chi connectivity index (χ1v) is 7.68. The van der Waals surface area contributed by atoms with Crippen molar-refractivity contribution in [3.63, 3.8) is 0 Å². The molecule has 1 aliphatic rings. The summed E-state index contributed by atoms with van der Waals surface area (Å²) in [5.74, 6) is 0.277. The Bertz CT molecular complexity index is 563. The van der Waals surface area contributed by atoms with Gasteiger partial charge in [-0.1, -0.05) is 0 Å². The van der Waals surface area contributed by atoms with Crippen LogP contribution >= 0.6 is 0 Å². The van der Waals surface area contributed by atoms with Gasteiger partial charge < -0.3 is 25.3 Å². The smallest absolute Gasteiger partial charge is 0.387 e. The molecule has 1 aromatic rings. The number of nitrogens with one attached hydrogen (secondary N) is 1. The minimum absolute atomic E-state index is 0.000115. The van der Waals surface area contributed by atoms with E-state index in [0.717, 1.165) is 0 Å². The topological polar surface area (TPSA) is 82.8 Å². The molecule has 134 valence electrons. The number of methoxy groups -OCH3 is 1. The Balaban J connectivity index is 2.10. The van der Waals surface area contributed by atoms with Gasteiger partial charge in [0.05, 0.1) is 12.5 Å². The van der Waals surface area contributed by atoms with Crippen LogP contribution in [0.2, 0.25) is 0 Å². The van der Waals surface area contributed by atoms with Gasteiger partial charge in [0.25, 0.3) is 0 Å². The van der Waals surface area contributed by atoms with Gasteiger partial charge in [0.1, 0.15) is 11.5 Å². The summed E-state index contributed by atoms with van der Waals surface area (Å²) < 4.78 is 39.9. The Morgan fingerprint density at radius 2 is 2.12 bits per heavy atom. The molecule has 0 saturated carbocycles. The van der Waals surface area contributed by atoms with Crippen molar-refractivity contribution in [2.75, 3.05) is 26.9 Å². The van der Waals surface area contributed by atoms with E-state index in [1.54, 1.807) is 6.07 Å². The van der Waals surface area contributed by atoms with Crippen LogP contribution < -0.4 is 20.5 Å². The lowest BCUT2D eigenvalue weighted by molar-refractivity contribution is -0.136. The molecule has 1 aliphatic heterocycles. The molecule has 6 nitrogen and oxygen atoms in total. The summed E-state index contributed by atoms with van der Waals surface area (Å²) >= 11 is 0. The molecule has 0 bridgehead atoms. The number of nitrogens with two attached hydrogens (primary N) is 1. The molecule has 0 aliphatic carbocycles. The van der Waals surface area contributed by atoms with Gasteiger partial charge in [-0.2, -0.15) is 8.78 Å². The van der Waals surface area contributed by atoms with E-state index in [4.69, 9.17) is 15.2 Å². The maximum atomic E-state index is 12.5. The summed E-state index contributed by atoms with van der Waals surface area (Å²) in [7, 11) is 1.47. The zero-order chi connectivity index (χ0) is 17.6. The number of hydrogen-bond donors (Lipinski definition) is 2. The molecule has 2 rings (SSSR count). The second-order valence-corrected chi connectivity index (χ2v) is 5.63. The largest absolute Gasteiger partial charge is 0.497 e. The van der Waals surface area contributed by atoms with Crippen LogP contribution in [0.1, 0.15) is 18.4 Å². The molecule has 3 N–H and O–H groups in total. The number of amides is 1. The fourth-order valence-corrected chi connectivity index (χ4v) is 2.68. The molecule has 0 spiro atoms. The summed E-state index contributed by atoms with van der Waals surface area (Å²) in [4.78, 5) is 12.5. The SMILES string of the molecule is COc1ccc(OC(F)F)c(CNC(=O)C2(CN)CCOCC2)c1. The van der Waals surface area contributed by atoms with Gasteiger partial charge >= 0.3 is 6.61 Å². The summed E-state index contributed by atoms with van der Waals surface area (Å²) in [6.07, 6.45) is 1.07. The third-order valence-electron chi connectivity index (χ3n) is 4.25. The molecule has 0 radical (unpaired) electrons. The van der Waals surface area contributed by atoms with E-state index in [9.17, 15) is 13.6 Å². The van der Waals surface area contributed by atoms with Crippen molar-refractivity contribution in [2.45, 2.75) is 26.0 Å². The van der Waals surface area contributed by atoms with Crippen molar-refractivity contribution < 1.29 is 27.8 Å². The van der Waals surface area contributed by atoms with E-state index >= 15 is 0 Å². The second kappa shape index (κ2) is 8.25. The normalized spacial score (nSPS) is 16.7. The van der Waals surface area contributed by atoms with Gasteiger partial charge in [-0.05, 0) is 31.0 Å². The lowest BCUT2D eigenvalue weighted by atomic mass is 9.79. The van der Waals surface area contributed by atoms with Crippen molar-refractivity contribution in [1.29, 1.82) is 0 Å². The zero-order valence-corrected chi connectivity index (χ0v) is 13.5. The van der Waals surface area contributed by atoms with Crippen LogP contribution in [0.3, 0.4) is 0 Å². The third kappa shape index (κ3) is 4.33. The molecule has 0 aromatic heterocycles. The van der Waals surface area contributed by atoms with Crippen molar-refractivity contribution in [2.24, 2.45) is 11.1 Å². The average molecular weight is 344 g/mol. The van der Waals surface area contributed by atoms with Crippen molar-refractivity contribution in [3.05, 3.63) is 23.8 Å². The number of carbonyl (C=O) groups excluding carboxylic acids is 1. The molecule has 8 heteroatoms. The summed E-state index contributed by atoms with van der Waals surface area (Å²) in [5.41, 5.74) is 5.51. The zero-order valence-electron chi connectivity index (χ0n) is 13.5. The average Bonchev–Trinajstić information content (AvgIpc) is 2.60. The van der Waals surface area contributed by atoms with Crippen LogP contribution in [0.25, 0.3) is 0 Å². The van der Waals surface area contributed by atoms with Crippen molar-refractivity contribution in [1.82, 2.24) is 5.32 Å². The molecule has 1 heterocycles. The Labute approximate surface area is 139 Å². The van der Waals surface area contributed by atoms with Gasteiger partial charge in [-0.3, -0.25) is 4.79 Å². The van der Waals surface area contributed by atoms with E-state index in [1.165, 1.54) is 19.2 Å². The summed E-state index contributed by atoms with van der Waals surface area (Å²) in [5, 5.41) is 2.77. The maximum Gasteiger partial charge on any atom is 0.387 e.